The molecule has 1 saturated heterocycles. The van der Waals surface area contributed by atoms with E-state index in [2.05, 4.69) is 4.74 Å². The maximum Gasteiger partial charge on any atom is 0.335 e. The number of hydrogen-bond donors (Lipinski definition) is 0. The van der Waals surface area contributed by atoms with Crippen LogP contribution in [-0.2, 0) is 14.3 Å². The van der Waals surface area contributed by atoms with Gasteiger partial charge in [-0.05, 0) is 19.3 Å². The van der Waals surface area contributed by atoms with E-state index >= 15 is 0 Å². The van der Waals surface area contributed by atoms with Gasteiger partial charge < -0.3 is 4.74 Å². The van der Waals surface area contributed by atoms with Gasteiger partial charge in [0.25, 0.3) is 0 Å². The summed E-state index contributed by atoms with van der Waals surface area (Å²) in [6, 6.07) is 0. The van der Waals surface area contributed by atoms with E-state index in [1.165, 1.54) is 0 Å². The molecule has 70 valence electrons. The summed E-state index contributed by atoms with van der Waals surface area (Å²) in [5, 5.41) is 0. The Bertz CT molecular complexity index is 264. The van der Waals surface area contributed by atoms with Gasteiger partial charge in [0.15, 0.2) is 5.41 Å². The van der Waals surface area contributed by atoms with Crippen molar-refractivity contribution in [1.29, 1.82) is 0 Å². The number of carbonyl (C=O) groups is 2. The number of esters is 2. The lowest BCUT2D eigenvalue weighted by atomic mass is 9.77. The monoisotopic (exact) mass is 180 g/mol. The Morgan fingerprint density at radius 3 is 2.62 bits per heavy atom. The van der Waals surface area contributed by atoms with Crippen molar-refractivity contribution >= 4 is 11.9 Å². The van der Waals surface area contributed by atoms with Crippen LogP contribution in [0.5, 0.6) is 0 Å². The SMILES string of the molecule is O=C1OC(=O)C12C=CCCCCC2. The van der Waals surface area contributed by atoms with Gasteiger partial charge in [-0.3, -0.25) is 0 Å². The molecule has 0 amide bonds. The second kappa shape index (κ2) is 2.98. The summed E-state index contributed by atoms with van der Waals surface area (Å²) in [6.07, 6.45) is 8.43. The molecule has 2 aliphatic rings. The first-order valence-corrected chi connectivity index (χ1v) is 4.70. The third-order valence-electron chi connectivity index (χ3n) is 2.76. The molecule has 1 fully saturated rings. The second-order valence-corrected chi connectivity index (χ2v) is 3.65. The summed E-state index contributed by atoms with van der Waals surface area (Å²) in [6.45, 7) is 0. The zero-order valence-corrected chi connectivity index (χ0v) is 7.41. The van der Waals surface area contributed by atoms with Gasteiger partial charge in [0.2, 0.25) is 0 Å². The lowest BCUT2D eigenvalue weighted by Gasteiger charge is -2.34. The molecular formula is C10H12O3. The minimum absolute atomic E-state index is 0.365. The third kappa shape index (κ3) is 1.19. The average molecular weight is 180 g/mol. The average Bonchev–Trinajstić information content (AvgIpc) is 2.03. The fraction of sp³-hybridized carbons (Fsp3) is 0.600. The number of carbonyl (C=O) groups excluding carboxylic acids is 2. The van der Waals surface area contributed by atoms with E-state index in [0.717, 1.165) is 25.7 Å². The summed E-state index contributed by atoms with van der Waals surface area (Å²) in [5.41, 5.74) is -0.888. The van der Waals surface area contributed by atoms with Crippen molar-refractivity contribution in [3.63, 3.8) is 0 Å². The first-order valence-electron chi connectivity index (χ1n) is 4.70. The quantitative estimate of drug-likeness (QED) is 0.323. The van der Waals surface area contributed by atoms with Crippen LogP contribution in [0.1, 0.15) is 32.1 Å². The molecule has 0 aromatic rings. The minimum Gasteiger partial charge on any atom is -0.391 e. The molecule has 1 aliphatic carbocycles. The summed E-state index contributed by atoms with van der Waals surface area (Å²) in [4.78, 5) is 22.4. The fourth-order valence-corrected chi connectivity index (χ4v) is 1.85. The van der Waals surface area contributed by atoms with Crippen molar-refractivity contribution in [3.05, 3.63) is 12.2 Å². The van der Waals surface area contributed by atoms with Crippen LogP contribution in [-0.4, -0.2) is 11.9 Å². The Hall–Kier alpha value is -1.12. The lowest BCUT2D eigenvalue weighted by molar-refractivity contribution is -0.192. The normalized spacial score (nSPS) is 26.2. The summed E-state index contributed by atoms with van der Waals surface area (Å²) in [7, 11) is 0. The van der Waals surface area contributed by atoms with Gasteiger partial charge in [0, 0.05) is 0 Å². The Balaban J connectivity index is 2.22. The molecule has 13 heavy (non-hydrogen) atoms. The van der Waals surface area contributed by atoms with Crippen LogP contribution in [0, 0.1) is 5.41 Å². The van der Waals surface area contributed by atoms with E-state index in [1.807, 2.05) is 6.08 Å². The van der Waals surface area contributed by atoms with Crippen LogP contribution in [0.4, 0.5) is 0 Å². The maximum absolute atomic E-state index is 11.2. The first-order chi connectivity index (χ1) is 6.26. The van der Waals surface area contributed by atoms with Gasteiger partial charge in [-0.2, -0.15) is 0 Å². The van der Waals surface area contributed by atoms with Crippen molar-refractivity contribution < 1.29 is 14.3 Å². The highest BCUT2D eigenvalue weighted by Gasteiger charge is 2.56. The van der Waals surface area contributed by atoms with Crippen LogP contribution in [0.25, 0.3) is 0 Å². The molecule has 1 aliphatic heterocycles. The highest BCUT2D eigenvalue weighted by Crippen LogP contribution is 2.39. The van der Waals surface area contributed by atoms with E-state index in [9.17, 15) is 9.59 Å². The molecule has 0 saturated carbocycles. The Labute approximate surface area is 76.8 Å². The van der Waals surface area contributed by atoms with Gasteiger partial charge in [0.05, 0.1) is 0 Å². The van der Waals surface area contributed by atoms with Crippen molar-refractivity contribution in [2.24, 2.45) is 5.41 Å². The Morgan fingerprint density at radius 1 is 1.15 bits per heavy atom. The largest absolute Gasteiger partial charge is 0.391 e. The minimum atomic E-state index is -0.888. The zero-order valence-electron chi connectivity index (χ0n) is 7.41. The zero-order chi connectivity index (χ0) is 9.31. The first kappa shape index (κ1) is 8.48. The van der Waals surface area contributed by atoms with Crippen molar-refractivity contribution in [2.75, 3.05) is 0 Å². The highest BCUT2D eigenvalue weighted by atomic mass is 16.6. The van der Waals surface area contributed by atoms with Crippen LogP contribution in [0.2, 0.25) is 0 Å². The van der Waals surface area contributed by atoms with Crippen molar-refractivity contribution in [2.45, 2.75) is 32.1 Å². The van der Waals surface area contributed by atoms with E-state index in [1.54, 1.807) is 6.08 Å². The topological polar surface area (TPSA) is 43.4 Å². The summed E-state index contributed by atoms with van der Waals surface area (Å²) < 4.78 is 4.40. The number of rotatable bonds is 0. The molecule has 3 nitrogen and oxygen atoms in total. The molecule has 0 atom stereocenters. The molecule has 0 bridgehead atoms. The predicted octanol–water partition coefficient (Wildman–Crippen LogP) is 1.58. The number of hydrogen-bond acceptors (Lipinski definition) is 3. The molecule has 0 aromatic carbocycles. The van der Waals surface area contributed by atoms with E-state index in [0.29, 0.717) is 6.42 Å². The Morgan fingerprint density at radius 2 is 1.92 bits per heavy atom. The van der Waals surface area contributed by atoms with Crippen LogP contribution < -0.4 is 0 Å². The molecule has 2 rings (SSSR count). The van der Waals surface area contributed by atoms with Crippen LogP contribution in [0.15, 0.2) is 12.2 Å². The van der Waals surface area contributed by atoms with Gasteiger partial charge in [-0.15, -0.1) is 0 Å². The molecule has 0 radical (unpaired) electrons. The maximum atomic E-state index is 11.2. The van der Waals surface area contributed by atoms with E-state index in [4.69, 9.17) is 0 Å². The smallest absolute Gasteiger partial charge is 0.335 e. The standard InChI is InChI=1S/C10H12O3/c11-8-10(9(12)13-8)6-4-2-1-3-5-7-10/h4,6H,1-3,5,7H2. The summed E-state index contributed by atoms with van der Waals surface area (Å²) in [5.74, 6) is -0.730. The molecule has 1 heterocycles. The van der Waals surface area contributed by atoms with Crippen LogP contribution in [0.3, 0.4) is 0 Å². The number of cyclic esters (lactones) is 2. The van der Waals surface area contributed by atoms with Gasteiger partial charge in [0.1, 0.15) is 0 Å². The second-order valence-electron chi connectivity index (χ2n) is 3.65. The van der Waals surface area contributed by atoms with Crippen molar-refractivity contribution in [3.8, 4) is 0 Å². The molecule has 0 aromatic heterocycles. The lowest BCUT2D eigenvalue weighted by Crippen LogP contribution is -2.52. The van der Waals surface area contributed by atoms with Crippen LogP contribution >= 0.6 is 0 Å². The number of allylic oxidation sites excluding steroid dienone is 1. The third-order valence-corrected chi connectivity index (χ3v) is 2.76. The molecule has 0 N–H and O–H groups in total. The van der Waals surface area contributed by atoms with Gasteiger partial charge in [-0.25, -0.2) is 9.59 Å². The highest BCUT2D eigenvalue weighted by molar-refractivity contribution is 6.15. The van der Waals surface area contributed by atoms with Gasteiger partial charge >= 0.3 is 11.9 Å². The van der Waals surface area contributed by atoms with Crippen molar-refractivity contribution in [1.82, 2.24) is 0 Å². The molecule has 3 heteroatoms. The predicted molar refractivity (Wildman–Crippen MR) is 45.8 cm³/mol. The van der Waals surface area contributed by atoms with E-state index < -0.39 is 5.41 Å². The molecule has 1 spiro atoms. The number of ether oxygens (including phenoxy) is 1. The van der Waals surface area contributed by atoms with Gasteiger partial charge in [-0.1, -0.05) is 25.0 Å². The molecular weight excluding hydrogens is 168 g/mol. The fourth-order valence-electron chi connectivity index (χ4n) is 1.85. The Kier molecular flexibility index (Phi) is 1.94. The van der Waals surface area contributed by atoms with E-state index in [-0.39, 0.29) is 11.9 Å². The summed E-state index contributed by atoms with van der Waals surface area (Å²) >= 11 is 0. The molecule has 0 unspecified atom stereocenters.